The molecule has 0 saturated heterocycles. The van der Waals surface area contributed by atoms with E-state index in [2.05, 4.69) is 24.5 Å². The predicted molar refractivity (Wildman–Crippen MR) is 117 cm³/mol. The van der Waals surface area contributed by atoms with Gasteiger partial charge in [-0.25, -0.2) is 0 Å². The standard InChI is InChI=1S/C25H24N2O2/c1-25(2)13-19-23(21(29)14-25)24(27-18-10-6-5-9-17(18)26-19)22-16-8-4-3-7-15(16)11-12-20(22)28/h3-12,24,26-28H,13-14H2,1-2H3. The summed E-state index contributed by atoms with van der Waals surface area (Å²) >= 11 is 0. The van der Waals surface area contributed by atoms with Gasteiger partial charge < -0.3 is 15.7 Å². The van der Waals surface area contributed by atoms with Crippen LogP contribution in [0.4, 0.5) is 11.4 Å². The Morgan fingerprint density at radius 2 is 1.66 bits per heavy atom. The van der Waals surface area contributed by atoms with Crippen molar-refractivity contribution in [3.05, 3.63) is 77.5 Å². The molecule has 3 aromatic carbocycles. The molecule has 1 unspecified atom stereocenters. The number of rotatable bonds is 1. The fraction of sp³-hybridized carbons (Fsp3) is 0.240. The number of carbonyl (C=O) groups is 1. The van der Waals surface area contributed by atoms with E-state index in [0.717, 1.165) is 45.4 Å². The number of phenolic OH excluding ortho intramolecular Hbond substituents is 1. The van der Waals surface area contributed by atoms with Crippen LogP contribution in [0.25, 0.3) is 10.8 Å². The highest BCUT2D eigenvalue weighted by Gasteiger charge is 2.39. The molecule has 0 spiro atoms. The zero-order chi connectivity index (χ0) is 20.2. The first kappa shape index (κ1) is 17.8. The third-order valence-electron chi connectivity index (χ3n) is 5.96. The van der Waals surface area contributed by atoms with Crippen LogP contribution in [0.5, 0.6) is 5.75 Å². The molecule has 146 valence electrons. The summed E-state index contributed by atoms with van der Waals surface area (Å²) in [6.07, 6.45) is 1.28. The monoisotopic (exact) mass is 384 g/mol. The van der Waals surface area contributed by atoms with Crippen LogP contribution in [0.15, 0.2) is 71.9 Å². The Hall–Kier alpha value is -3.27. The number of Topliss-reactive ketones (excluding diaryl/α,β-unsaturated/α-hetero) is 1. The van der Waals surface area contributed by atoms with Crippen molar-refractivity contribution in [1.82, 2.24) is 0 Å². The van der Waals surface area contributed by atoms with Crippen molar-refractivity contribution in [2.45, 2.75) is 32.7 Å². The SMILES string of the molecule is CC1(C)CC(=O)C2=C(C1)Nc1ccccc1NC2c1c(O)ccc2ccccc12. The lowest BCUT2D eigenvalue weighted by molar-refractivity contribution is -0.118. The van der Waals surface area contributed by atoms with E-state index in [1.165, 1.54) is 0 Å². The summed E-state index contributed by atoms with van der Waals surface area (Å²) in [5.74, 6) is 0.325. The number of hydrogen-bond acceptors (Lipinski definition) is 4. The predicted octanol–water partition coefficient (Wildman–Crippen LogP) is 5.77. The third kappa shape index (κ3) is 2.96. The first-order valence-electron chi connectivity index (χ1n) is 10.0. The molecule has 3 N–H and O–H groups in total. The molecule has 3 aromatic rings. The van der Waals surface area contributed by atoms with Gasteiger partial charge in [-0.15, -0.1) is 0 Å². The summed E-state index contributed by atoms with van der Waals surface area (Å²) in [5, 5.41) is 20.0. The minimum absolute atomic E-state index is 0.104. The van der Waals surface area contributed by atoms with E-state index < -0.39 is 6.04 Å². The molecular weight excluding hydrogens is 360 g/mol. The van der Waals surface area contributed by atoms with Gasteiger partial charge in [-0.2, -0.15) is 0 Å². The molecule has 0 aromatic heterocycles. The Kier molecular flexibility index (Phi) is 3.91. The molecule has 2 aliphatic rings. The third-order valence-corrected chi connectivity index (χ3v) is 5.96. The van der Waals surface area contributed by atoms with E-state index in [1.54, 1.807) is 6.07 Å². The van der Waals surface area contributed by atoms with Crippen molar-refractivity contribution in [1.29, 1.82) is 0 Å². The van der Waals surface area contributed by atoms with Gasteiger partial charge in [-0.1, -0.05) is 56.3 Å². The molecule has 1 aliphatic heterocycles. The van der Waals surface area contributed by atoms with Gasteiger partial charge in [0, 0.05) is 23.3 Å². The highest BCUT2D eigenvalue weighted by molar-refractivity contribution is 6.02. The molecule has 4 heteroatoms. The van der Waals surface area contributed by atoms with Crippen LogP contribution in [-0.2, 0) is 4.79 Å². The van der Waals surface area contributed by atoms with E-state index in [0.29, 0.717) is 6.42 Å². The number of ketones is 1. The number of carbonyl (C=O) groups excluding carboxylic acids is 1. The molecule has 1 atom stereocenters. The number of fused-ring (bicyclic) bond motifs is 2. The zero-order valence-electron chi connectivity index (χ0n) is 16.6. The van der Waals surface area contributed by atoms with Crippen LogP contribution in [-0.4, -0.2) is 10.9 Å². The molecule has 0 bridgehead atoms. The van der Waals surface area contributed by atoms with Crippen LogP contribution >= 0.6 is 0 Å². The number of phenols is 1. The molecule has 0 fully saturated rings. The minimum Gasteiger partial charge on any atom is -0.508 e. The molecule has 0 amide bonds. The van der Waals surface area contributed by atoms with Gasteiger partial charge in [0.1, 0.15) is 5.75 Å². The second kappa shape index (κ2) is 6.38. The van der Waals surface area contributed by atoms with Gasteiger partial charge in [0.2, 0.25) is 0 Å². The van der Waals surface area contributed by atoms with Gasteiger partial charge in [-0.05, 0) is 40.8 Å². The lowest BCUT2D eigenvalue weighted by atomic mass is 9.73. The fourth-order valence-electron chi connectivity index (χ4n) is 4.69. The molecule has 29 heavy (non-hydrogen) atoms. The number of hydrogen-bond donors (Lipinski definition) is 3. The van der Waals surface area contributed by atoms with E-state index in [1.807, 2.05) is 54.6 Å². The lowest BCUT2D eigenvalue weighted by Crippen LogP contribution is -2.31. The maximum Gasteiger partial charge on any atom is 0.163 e. The summed E-state index contributed by atoms with van der Waals surface area (Å²) in [5.41, 5.74) is 4.20. The summed E-state index contributed by atoms with van der Waals surface area (Å²) in [6.45, 7) is 4.26. The minimum atomic E-state index is -0.421. The molecule has 1 heterocycles. The van der Waals surface area contributed by atoms with Crippen LogP contribution in [0, 0.1) is 5.41 Å². The van der Waals surface area contributed by atoms with Gasteiger partial charge in [0.25, 0.3) is 0 Å². The topological polar surface area (TPSA) is 61.4 Å². The molecule has 5 rings (SSSR count). The van der Waals surface area contributed by atoms with Crippen molar-refractivity contribution >= 4 is 27.9 Å². The zero-order valence-corrected chi connectivity index (χ0v) is 16.6. The maximum absolute atomic E-state index is 13.4. The molecule has 0 saturated carbocycles. The second-order valence-electron chi connectivity index (χ2n) is 8.80. The first-order valence-corrected chi connectivity index (χ1v) is 10.0. The molecular formula is C25H24N2O2. The molecule has 4 nitrogen and oxygen atoms in total. The fourth-order valence-corrected chi connectivity index (χ4v) is 4.69. The first-order chi connectivity index (χ1) is 13.9. The maximum atomic E-state index is 13.4. The number of benzene rings is 3. The average molecular weight is 384 g/mol. The van der Waals surface area contributed by atoms with Crippen molar-refractivity contribution in [2.75, 3.05) is 10.6 Å². The van der Waals surface area contributed by atoms with E-state index in [4.69, 9.17) is 0 Å². The Labute approximate surface area is 170 Å². The Bertz CT molecular complexity index is 1180. The van der Waals surface area contributed by atoms with Crippen molar-refractivity contribution < 1.29 is 9.90 Å². The summed E-state index contributed by atoms with van der Waals surface area (Å²) < 4.78 is 0. The van der Waals surface area contributed by atoms with Crippen molar-refractivity contribution in [3.8, 4) is 5.75 Å². The van der Waals surface area contributed by atoms with Gasteiger partial charge in [0.15, 0.2) is 5.78 Å². The van der Waals surface area contributed by atoms with Crippen molar-refractivity contribution in [3.63, 3.8) is 0 Å². The highest BCUT2D eigenvalue weighted by atomic mass is 16.3. The smallest absolute Gasteiger partial charge is 0.163 e. The quantitative estimate of drug-likeness (QED) is 0.499. The van der Waals surface area contributed by atoms with E-state index >= 15 is 0 Å². The number of aromatic hydroxyl groups is 1. The van der Waals surface area contributed by atoms with Crippen LogP contribution in [0.2, 0.25) is 0 Å². The van der Waals surface area contributed by atoms with Gasteiger partial charge in [0.05, 0.1) is 17.4 Å². The van der Waals surface area contributed by atoms with Gasteiger partial charge in [-0.3, -0.25) is 4.79 Å². The summed E-state index contributed by atoms with van der Waals surface area (Å²) in [6, 6.07) is 19.2. The average Bonchev–Trinajstić information content (AvgIpc) is 2.83. The number of allylic oxidation sites excluding steroid dienone is 1. The molecule has 0 radical (unpaired) electrons. The van der Waals surface area contributed by atoms with Gasteiger partial charge >= 0.3 is 0 Å². The summed E-state index contributed by atoms with van der Waals surface area (Å²) in [7, 11) is 0. The van der Waals surface area contributed by atoms with Crippen LogP contribution in [0.3, 0.4) is 0 Å². The Morgan fingerprint density at radius 1 is 0.931 bits per heavy atom. The van der Waals surface area contributed by atoms with Crippen molar-refractivity contribution in [2.24, 2.45) is 5.41 Å². The van der Waals surface area contributed by atoms with E-state index in [9.17, 15) is 9.90 Å². The number of nitrogens with one attached hydrogen (secondary N) is 2. The number of para-hydroxylation sites is 2. The summed E-state index contributed by atoms with van der Waals surface area (Å²) in [4.78, 5) is 13.4. The second-order valence-corrected chi connectivity index (χ2v) is 8.80. The van der Waals surface area contributed by atoms with Crippen LogP contribution < -0.4 is 10.6 Å². The Morgan fingerprint density at radius 3 is 2.48 bits per heavy atom. The normalized spacial score (nSPS) is 20.3. The molecule has 1 aliphatic carbocycles. The van der Waals surface area contributed by atoms with E-state index in [-0.39, 0.29) is 16.9 Å². The van der Waals surface area contributed by atoms with Crippen LogP contribution in [0.1, 0.15) is 38.3 Å². The lowest BCUT2D eigenvalue weighted by Gasteiger charge is -2.34. The number of anilines is 2. The highest BCUT2D eigenvalue weighted by Crippen LogP contribution is 2.48. The largest absolute Gasteiger partial charge is 0.508 e. The Balaban J connectivity index is 1.79.